The molecule has 0 saturated heterocycles. The maximum atomic E-state index is 14.3. The van der Waals surface area contributed by atoms with Crippen LogP contribution in [0.1, 0.15) is 34.5 Å². The van der Waals surface area contributed by atoms with E-state index in [0.29, 0.717) is 22.6 Å². The molecule has 2 atom stereocenters. The minimum atomic E-state index is -0.519. The van der Waals surface area contributed by atoms with Crippen molar-refractivity contribution in [3.8, 4) is 0 Å². The predicted octanol–water partition coefficient (Wildman–Crippen LogP) is 2.88. The van der Waals surface area contributed by atoms with Crippen LogP contribution in [-0.4, -0.2) is 50.2 Å². The Morgan fingerprint density at radius 2 is 1.97 bits per heavy atom. The summed E-state index contributed by atoms with van der Waals surface area (Å²) in [7, 11) is 5.87. The van der Waals surface area contributed by atoms with Crippen molar-refractivity contribution in [2.45, 2.75) is 18.4 Å². The molecule has 5 rings (SSSR count). The van der Waals surface area contributed by atoms with Crippen molar-refractivity contribution in [1.29, 1.82) is 0 Å². The molecule has 2 unspecified atom stereocenters. The van der Waals surface area contributed by atoms with Gasteiger partial charge >= 0.3 is 0 Å². The largest absolute Gasteiger partial charge is 0.305 e. The van der Waals surface area contributed by atoms with Crippen LogP contribution in [0, 0.1) is 5.82 Å². The molecule has 0 aliphatic carbocycles. The van der Waals surface area contributed by atoms with Crippen LogP contribution in [0.3, 0.4) is 0 Å². The summed E-state index contributed by atoms with van der Waals surface area (Å²) in [5.74, 6) is -0.466. The molecule has 0 fully saturated rings. The molecule has 8 nitrogen and oxygen atoms in total. The number of halogens is 1. The van der Waals surface area contributed by atoms with E-state index < -0.39 is 11.4 Å². The fourth-order valence-corrected chi connectivity index (χ4v) is 4.37. The molecule has 9 heteroatoms. The van der Waals surface area contributed by atoms with Gasteiger partial charge in [-0.3, -0.25) is 14.5 Å². The second kappa shape index (κ2) is 7.76. The third kappa shape index (κ3) is 3.40. The molecule has 0 saturated carbocycles. The number of rotatable bonds is 4. The monoisotopic (exact) mass is 431 g/mol. The van der Waals surface area contributed by atoms with Gasteiger partial charge in [-0.1, -0.05) is 24.3 Å². The molecule has 1 N–H and O–H groups in total. The number of nitrogens with one attached hydrogen (secondary N) is 1. The highest BCUT2D eigenvalue weighted by molar-refractivity contribution is 5.97. The quantitative estimate of drug-likeness (QED) is 0.536. The van der Waals surface area contributed by atoms with E-state index in [2.05, 4.69) is 54.4 Å². The smallest absolute Gasteiger partial charge is 0.272 e. The zero-order chi connectivity index (χ0) is 22.4. The average Bonchev–Trinajstić information content (AvgIpc) is 3.10. The Kier molecular flexibility index (Phi) is 4.90. The van der Waals surface area contributed by atoms with Crippen LogP contribution in [0.15, 0.2) is 52.5 Å². The van der Waals surface area contributed by atoms with Crippen LogP contribution in [0.25, 0.3) is 10.8 Å². The fraction of sp³-hybridized carbons (Fsp3) is 0.261. The van der Waals surface area contributed by atoms with Crippen molar-refractivity contribution in [2.75, 3.05) is 14.1 Å². The van der Waals surface area contributed by atoms with Crippen LogP contribution in [0.5, 0.6) is 0 Å². The number of aliphatic imine (C=N–C) groups is 1. The summed E-state index contributed by atoms with van der Waals surface area (Å²) in [5, 5.41) is 11.9. The zero-order valence-electron chi connectivity index (χ0n) is 18.0. The van der Waals surface area contributed by atoms with Crippen molar-refractivity contribution in [1.82, 2.24) is 29.9 Å². The lowest BCUT2D eigenvalue weighted by Gasteiger charge is -2.23. The van der Waals surface area contributed by atoms with Crippen molar-refractivity contribution in [3.05, 3.63) is 81.5 Å². The van der Waals surface area contributed by atoms with E-state index in [1.54, 1.807) is 10.9 Å². The zero-order valence-corrected chi connectivity index (χ0v) is 18.0. The Hall–Kier alpha value is -3.72. The fourth-order valence-electron chi connectivity index (χ4n) is 4.37. The van der Waals surface area contributed by atoms with E-state index in [9.17, 15) is 9.18 Å². The highest BCUT2D eigenvalue weighted by atomic mass is 19.1. The first-order valence-electron chi connectivity index (χ1n) is 10.3. The molecule has 32 heavy (non-hydrogen) atoms. The second-order valence-corrected chi connectivity index (χ2v) is 8.29. The molecule has 2 aromatic carbocycles. The molecule has 3 heterocycles. The lowest BCUT2D eigenvalue weighted by molar-refractivity contribution is 0.402. The molecule has 0 radical (unpaired) electrons. The second-order valence-electron chi connectivity index (χ2n) is 8.29. The van der Waals surface area contributed by atoms with Crippen molar-refractivity contribution in [2.24, 2.45) is 12.0 Å². The number of benzene rings is 2. The summed E-state index contributed by atoms with van der Waals surface area (Å²) in [5.41, 5.74) is 2.72. The van der Waals surface area contributed by atoms with Gasteiger partial charge in [-0.05, 0) is 31.3 Å². The number of H-pyrrole nitrogens is 1. The van der Waals surface area contributed by atoms with Gasteiger partial charge < -0.3 is 4.90 Å². The molecule has 0 bridgehead atoms. The number of nitrogens with zero attached hydrogens (tertiary/aromatic N) is 6. The normalized spacial score (nSPS) is 17.8. The lowest BCUT2D eigenvalue weighted by Crippen LogP contribution is -2.21. The van der Waals surface area contributed by atoms with Crippen molar-refractivity contribution in [3.63, 3.8) is 0 Å². The van der Waals surface area contributed by atoms with Crippen molar-refractivity contribution < 1.29 is 4.39 Å². The third-order valence-corrected chi connectivity index (χ3v) is 5.78. The first-order chi connectivity index (χ1) is 15.4. The Bertz CT molecular complexity index is 1390. The number of hydrogen-bond acceptors (Lipinski definition) is 6. The molecule has 4 aromatic rings. The molecule has 0 amide bonds. The summed E-state index contributed by atoms with van der Waals surface area (Å²) in [6.45, 7) is 0.832. The Labute approximate surface area is 183 Å². The van der Waals surface area contributed by atoms with Gasteiger partial charge in [0.2, 0.25) is 0 Å². The lowest BCUT2D eigenvalue weighted by atomic mass is 9.82. The average molecular weight is 431 g/mol. The van der Waals surface area contributed by atoms with Gasteiger partial charge in [-0.2, -0.15) is 10.2 Å². The first kappa shape index (κ1) is 20.2. The summed E-state index contributed by atoms with van der Waals surface area (Å²) >= 11 is 0. The van der Waals surface area contributed by atoms with Gasteiger partial charge in [0.1, 0.15) is 18.0 Å². The van der Waals surface area contributed by atoms with E-state index in [-0.39, 0.29) is 17.2 Å². The molecule has 162 valence electrons. The van der Waals surface area contributed by atoms with E-state index in [1.165, 1.54) is 24.0 Å². The predicted molar refractivity (Wildman–Crippen MR) is 120 cm³/mol. The standard InChI is InChI=1S/C23H22FN7O/c1-30(2)11-13-4-6-14(7-5-13)17-10-25-18-9-15(24)8-16-19(18)21(28-29-23(16)32)20(17)22-26-12-27-31(22)3/h4-10,12,17,20H,11H2,1-3H3,(H,29,32). The number of hydrogen-bond donors (Lipinski definition) is 1. The van der Waals surface area contributed by atoms with Gasteiger partial charge in [-0.25, -0.2) is 14.5 Å². The molecular weight excluding hydrogens is 409 g/mol. The highest BCUT2D eigenvalue weighted by Gasteiger charge is 2.34. The summed E-state index contributed by atoms with van der Waals surface area (Å²) < 4.78 is 16.0. The molecule has 1 aliphatic heterocycles. The topological polar surface area (TPSA) is 92.1 Å². The minimum Gasteiger partial charge on any atom is -0.305 e. The van der Waals surface area contributed by atoms with Crippen molar-refractivity contribution >= 4 is 22.7 Å². The van der Waals surface area contributed by atoms with Gasteiger partial charge in [0, 0.05) is 37.2 Å². The third-order valence-electron chi connectivity index (χ3n) is 5.78. The number of aryl methyl sites for hydroxylation is 1. The summed E-state index contributed by atoms with van der Waals surface area (Å²) in [4.78, 5) is 23.7. The van der Waals surface area contributed by atoms with Crippen LogP contribution >= 0.6 is 0 Å². The van der Waals surface area contributed by atoms with Gasteiger partial charge in [0.15, 0.2) is 0 Å². The Morgan fingerprint density at radius 3 is 2.66 bits per heavy atom. The maximum absolute atomic E-state index is 14.3. The highest BCUT2D eigenvalue weighted by Crippen LogP contribution is 2.43. The maximum Gasteiger partial charge on any atom is 0.272 e. The van der Waals surface area contributed by atoms with E-state index in [4.69, 9.17) is 0 Å². The number of aromatic nitrogens is 5. The van der Waals surface area contributed by atoms with E-state index >= 15 is 0 Å². The SMILES string of the molecule is CN(C)Cc1ccc(C2C=Nc3cc(F)cc4c(=O)[nH]nc(c34)C2c2ncnn2C)cc1. The minimum absolute atomic E-state index is 0.219. The van der Waals surface area contributed by atoms with Crippen LogP contribution in [0.2, 0.25) is 0 Å². The molecule has 1 aliphatic rings. The van der Waals surface area contributed by atoms with Crippen LogP contribution in [-0.2, 0) is 13.6 Å². The molecular formula is C23H22FN7O. The molecule has 2 aromatic heterocycles. The first-order valence-corrected chi connectivity index (χ1v) is 10.3. The Balaban J connectivity index is 1.74. The van der Waals surface area contributed by atoms with Gasteiger partial charge in [0.25, 0.3) is 5.56 Å². The summed E-state index contributed by atoms with van der Waals surface area (Å²) in [6.07, 6.45) is 3.28. The van der Waals surface area contributed by atoms with E-state index in [0.717, 1.165) is 12.1 Å². The van der Waals surface area contributed by atoms with Crippen LogP contribution in [0.4, 0.5) is 10.1 Å². The summed E-state index contributed by atoms with van der Waals surface area (Å²) in [6, 6.07) is 10.9. The Morgan fingerprint density at radius 1 is 1.19 bits per heavy atom. The van der Waals surface area contributed by atoms with Crippen LogP contribution < -0.4 is 5.56 Å². The van der Waals surface area contributed by atoms with Gasteiger partial charge in [0.05, 0.1) is 22.7 Å². The molecule has 0 spiro atoms. The van der Waals surface area contributed by atoms with E-state index in [1.807, 2.05) is 21.1 Å². The van der Waals surface area contributed by atoms with Gasteiger partial charge in [-0.15, -0.1) is 0 Å². The number of aromatic amines is 1.